The number of nitrogens with zero attached hydrogens (tertiary/aromatic N) is 2. The van der Waals surface area contributed by atoms with Gasteiger partial charge < -0.3 is 9.47 Å². The molecule has 12 rings (SSSR count). The van der Waals surface area contributed by atoms with E-state index in [9.17, 15) is 0 Å². The van der Waals surface area contributed by atoms with E-state index in [-0.39, 0.29) is 10.8 Å². The topological polar surface area (TPSA) is 8.17 Å². The molecule has 2 nitrogen and oxygen atoms in total. The molecule has 7 aromatic carbocycles. The molecule has 0 radical (unpaired) electrons. The molecule has 2 unspecified atom stereocenters. The van der Waals surface area contributed by atoms with Gasteiger partial charge in [0.1, 0.15) is 0 Å². The SMILES string of the molecule is CN1c2ccc(-c3ccc4c(c3)C(C)(C)c3ccc5c6c(ccc5c3-4)C(C)(C)c3cc(-c4ccc5c(c4)c4ccccc4n5C)ccc3-6)cc2C2C=CC=CC21. The van der Waals surface area contributed by atoms with Gasteiger partial charge in [-0.25, -0.2) is 0 Å². The highest BCUT2D eigenvalue weighted by Crippen LogP contribution is 2.57. The number of hydrogen-bond acceptors (Lipinski definition) is 1. The molecule has 270 valence electrons. The smallest absolute Gasteiger partial charge is 0.0577 e. The number of aryl methyl sites for hydroxylation is 1. The molecule has 2 heteroatoms. The van der Waals surface area contributed by atoms with Gasteiger partial charge in [-0.15, -0.1) is 0 Å². The highest BCUT2D eigenvalue weighted by molar-refractivity contribution is 6.12. The lowest BCUT2D eigenvalue weighted by Crippen LogP contribution is -2.28. The Hall–Kier alpha value is -6.12. The van der Waals surface area contributed by atoms with Crippen LogP contribution in [-0.2, 0) is 17.9 Å². The third-order valence-corrected chi connectivity index (χ3v) is 14.4. The van der Waals surface area contributed by atoms with Gasteiger partial charge in [0.2, 0.25) is 0 Å². The van der Waals surface area contributed by atoms with Crippen molar-refractivity contribution in [1.29, 1.82) is 0 Å². The molecule has 0 saturated heterocycles. The van der Waals surface area contributed by atoms with Crippen molar-refractivity contribution in [3.8, 4) is 44.5 Å². The van der Waals surface area contributed by atoms with Crippen molar-refractivity contribution in [2.24, 2.45) is 7.05 Å². The summed E-state index contributed by atoms with van der Waals surface area (Å²) in [5, 5.41) is 5.34. The lowest BCUT2D eigenvalue weighted by Gasteiger charge is -2.23. The van der Waals surface area contributed by atoms with Gasteiger partial charge in [-0.1, -0.05) is 131 Å². The fourth-order valence-corrected chi connectivity index (χ4v) is 11.3. The van der Waals surface area contributed by atoms with Gasteiger partial charge in [0.25, 0.3) is 0 Å². The Balaban J connectivity index is 0.970. The first-order valence-corrected chi connectivity index (χ1v) is 20.2. The van der Waals surface area contributed by atoms with E-state index >= 15 is 0 Å². The first-order valence-electron chi connectivity index (χ1n) is 20.2. The number of para-hydroxylation sites is 1. The average Bonchev–Trinajstić information content (AvgIpc) is 3.85. The zero-order chi connectivity index (χ0) is 37.8. The second-order valence-electron chi connectivity index (χ2n) is 17.8. The van der Waals surface area contributed by atoms with Crippen LogP contribution in [-0.4, -0.2) is 17.7 Å². The minimum atomic E-state index is -0.113. The first-order chi connectivity index (χ1) is 27.1. The summed E-state index contributed by atoms with van der Waals surface area (Å²) < 4.78 is 2.31. The number of rotatable bonds is 2. The van der Waals surface area contributed by atoms with Crippen LogP contribution in [0.5, 0.6) is 0 Å². The molecular weight excluding hydrogens is 677 g/mol. The minimum Gasteiger partial charge on any atom is -0.367 e. The quantitative estimate of drug-likeness (QED) is 0.173. The number of likely N-dealkylation sites (N-methyl/N-ethyl adjacent to an activating group) is 1. The van der Waals surface area contributed by atoms with E-state index in [2.05, 4.69) is 197 Å². The van der Waals surface area contributed by atoms with Crippen LogP contribution >= 0.6 is 0 Å². The number of anilines is 1. The Morgan fingerprint density at radius 1 is 0.464 bits per heavy atom. The highest BCUT2D eigenvalue weighted by Gasteiger charge is 2.41. The largest absolute Gasteiger partial charge is 0.367 e. The molecule has 1 aliphatic heterocycles. The van der Waals surface area contributed by atoms with Crippen molar-refractivity contribution in [3.63, 3.8) is 0 Å². The Morgan fingerprint density at radius 2 is 1.02 bits per heavy atom. The molecule has 0 fully saturated rings. The lowest BCUT2D eigenvalue weighted by molar-refractivity contribution is 0.660. The van der Waals surface area contributed by atoms with Crippen LogP contribution in [0.25, 0.3) is 77.1 Å². The van der Waals surface area contributed by atoms with Gasteiger partial charge >= 0.3 is 0 Å². The zero-order valence-corrected chi connectivity index (χ0v) is 32.9. The second-order valence-corrected chi connectivity index (χ2v) is 17.8. The Kier molecular flexibility index (Phi) is 6.20. The summed E-state index contributed by atoms with van der Waals surface area (Å²) in [7, 11) is 4.40. The van der Waals surface area contributed by atoms with E-state index in [0.29, 0.717) is 12.0 Å². The molecule has 3 aliphatic carbocycles. The third-order valence-electron chi connectivity index (χ3n) is 14.4. The van der Waals surface area contributed by atoms with Crippen LogP contribution in [0.4, 0.5) is 5.69 Å². The molecule has 56 heavy (non-hydrogen) atoms. The second kappa shape index (κ2) is 10.8. The van der Waals surface area contributed by atoms with E-state index in [0.717, 1.165) is 0 Å². The monoisotopic (exact) mass is 720 g/mol. The summed E-state index contributed by atoms with van der Waals surface area (Å²) >= 11 is 0. The molecule has 0 amide bonds. The Bertz CT molecular complexity index is 3130. The summed E-state index contributed by atoms with van der Waals surface area (Å²) in [5.41, 5.74) is 21.5. The normalized spacial score (nSPS) is 19.0. The molecule has 1 aromatic heterocycles. The van der Waals surface area contributed by atoms with Crippen molar-refractivity contribution < 1.29 is 0 Å². The zero-order valence-electron chi connectivity index (χ0n) is 32.9. The number of allylic oxidation sites excluding steroid dienone is 2. The van der Waals surface area contributed by atoms with Gasteiger partial charge in [0, 0.05) is 58.3 Å². The van der Waals surface area contributed by atoms with Crippen molar-refractivity contribution >= 4 is 38.3 Å². The molecule has 0 N–H and O–H groups in total. The fourth-order valence-electron chi connectivity index (χ4n) is 11.3. The van der Waals surface area contributed by atoms with Crippen molar-refractivity contribution in [2.45, 2.75) is 50.5 Å². The standard InChI is InChI=1S/C54H44N2/c1-53(2)43-23-21-38-37(51(43)39-19-15-33(29-45(39)53)31-17-25-49-41(27-31)35-11-7-9-13-47(35)55(49)5)22-24-44-52(38)40-20-16-34(30-46(40)54(44,3)4)32-18-26-50-42(28-32)36-12-8-10-14-48(36)56(50)6/h7-30,35,47H,1-6H3. The summed E-state index contributed by atoms with van der Waals surface area (Å²) in [4.78, 5) is 2.43. The van der Waals surface area contributed by atoms with Gasteiger partial charge in [-0.05, 0) is 126 Å². The predicted octanol–water partition coefficient (Wildman–Crippen LogP) is 13.5. The van der Waals surface area contributed by atoms with E-state index in [1.54, 1.807) is 0 Å². The van der Waals surface area contributed by atoms with Crippen LogP contribution in [0.1, 0.15) is 61.4 Å². The number of benzene rings is 7. The molecule has 0 bridgehead atoms. The van der Waals surface area contributed by atoms with Crippen molar-refractivity contribution in [3.05, 3.63) is 173 Å². The highest BCUT2D eigenvalue weighted by atomic mass is 15.2. The molecule has 0 saturated carbocycles. The van der Waals surface area contributed by atoms with E-state index in [4.69, 9.17) is 0 Å². The summed E-state index contributed by atoms with van der Waals surface area (Å²) in [6.07, 6.45) is 9.10. The Labute approximate surface area is 329 Å². The van der Waals surface area contributed by atoms with Gasteiger partial charge in [-0.3, -0.25) is 0 Å². The minimum absolute atomic E-state index is 0.107. The van der Waals surface area contributed by atoms with Crippen LogP contribution in [0.3, 0.4) is 0 Å². The Morgan fingerprint density at radius 3 is 1.70 bits per heavy atom. The average molecular weight is 721 g/mol. The maximum Gasteiger partial charge on any atom is 0.0577 e. The molecular formula is C54H44N2. The van der Waals surface area contributed by atoms with Gasteiger partial charge in [0.05, 0.1) is 6.04 Å². The van der Waals surface area contributed by atoms with Crippen LogP contribution in [0.2, 0.25) is 0 Å². The van der Waals surface area contributed by atoms with Crippen LogP contribution in [0, 0.1) is 0 Å². The molecule has 2 atom stereocenters. The van der Waals surface area contributed by atoms with E-state index in [1.165, 1.54) is 111 Å². The van der Waals surface area contributed by atoms with Gasteiger partial charge in [0.15, 0.2) is 0 Å². The molecule has 8 aromatic rings. The lowest BCUT2D eigenvalue weighted by atomic mass is 9.80. The third kappa shape index (κ3) is 4.02. The first kappa shape index (κ1) is 32.2. The van der Waals surface area contributed by atoms with Crippen molar-refractivity contribution in [2.75, 3.05) is 11.9 Å². The van der Waals surface area contributed by atoms with Crippen LogP contribution in [0.15, 0.2) is 146 Å². The molecule has 0 spiro atoms. The van der Waals surface area contributed by atoms with E-state index < -0.39 is 0 Å². The maximum absolute atomic E-state index is 2.48. The summed E-state index contributed by atoms with van der Waals surface area (Å²) in [5.74, 6) is 0.407. The maximum atomic E-state index is 2.48. The molecule has 2 heterocycles. The fraction of sp³-hybridized carbons (Fsp3) is 0.185. The van der Waals surface area contributed by atoms with Crippen LogP contribution < -0.4 is 4.90 Å². The summed E-state index contributed by atoms with van der Waals surface area (Å²) in [6.45, 7) is 9.65. The predicted molar refractivity (Wildman–Crippen MR) is 237 cm³/mol. The summed E-state index contributed by atoms with van der Waals surface area (Å²) in [6, 6.07) is 47.4. The van der Waals surface area contributed by atoms with Crippen molar-refractivity contribution in [1.82, 2.24) is 4.57 Å². The number of aromatic nitrogens is 1. The number of fused-ring (bicyclic) bond motifs is 15. The number of hydrogen-bond donors (Lipinski definition) is 0. The molecule has 4 aliphatic rings. The van der Waals surface area contributed by atoms with Gasteiger partial charge in [-0.2, -0.15) is 0 Å². The van der Waals surface area contributed by atoms with E-state index in [1.807, 2.05) is 0 Å².